The molecule has 0 atom stereocenters. The minimum atomic E-state index is -3.58. The van der Waals surface area contributed by atoms with Gasteiger partial charge in [-0.15, -0.1) is 0 Å². The minimum absolute atomic E-state index is 0.225. The molecule has 6 nitrogen and oxygen atoms in total. The minimum Gasteiger partial charge on any atom is -0.497 e. The third kappa shape index (κ3) is 4.49. The molecule has 2 aromatic rings. The first kappa shape index (κ1) is 15.8. The monoisotopic (exact) mass is 321 g/mol. The van der Waals surface area contributed by atoms with Crippen LogP contribution in [-0.2, 0) is 10.0 Å². The number of carbonyl (C=O) groups is 1. The van der Waals surface area contributed by atoms with Crippen LogP contribution in [0, 0.1) is 0 Å². The summed E-state index contributed by atoms with van der Waals surface area (Å²) in [5.41, 5.74) is 0.225. The van der Waals surface area contributed by atoms with Gasteiger partial charge in [0.2, 0.25) is 10.0 Å². The number of sulfonamides is 1. The predicted molar refractivity (Wildman–Crippen MR) is 81.8 cm³/mol. The van der Waals surface area contributed by atoms with E-state index in [4.69, 9.17) is 9.47 Å². The molecule has 0 unspecified atom stereocenters. The third-order valence-corrected chi connectivity index (χ3v) is 3.23. The molecule has 0 fully saturated rings. The zero-order valence-corrected chi connectivity index (χ0v) is 12.9. The summed E-state index contributed by atoms with van der Waals surface area (Å²) >= 11 is 0. The Morgan fingerprint density at radius 2 is 1.64 bits per heavy atom. The standard InChI is InChI=1S/C15H15NO5S/c1-20-13-4-3-5-14(10-13)21-12-8-6-11(7-9-12)15(17)16-22(2,18)19/h3-10H,1-2H3,(H,16,17). The zero-order valence-electron chi connectivity index (χ0n) is 12.1. The second kappa shape index (κ2) is 6.48. The number of carbonyl (C=O) groups excluding carboxylic acids is 1. The van der Waals surface area contributed by atoms with Crippen LogP contribution < -0.4 is 14.2 Å². The molecule has 22 heavy (non-hydrogen) atoms. The normalized spacial score (nSPS) is 10.8. The number of methoxy groups -OCH3 is 1. The highest BCUT2D eigenvalue weighted by molar-refractivity contribution is 7.89. The van der Waals surface area contributed by atoms with Crippen molar-refractivity contribution in [2.45, 2.75) is 0 Å². The lowest BCUT2D eigenvalue weighted by Crippen LogP contribution is -2.29. The van der Waals surface area contributed by atoms with E-state index in [0.717, 1.165) is 6.26 Å². The molecule has 0 aromatic heterocycles. The predicted octanol–water partition coefficient (Wildman–Crippen LogP) is 2.18. The van der Waals surface area contributed by atoms with Crippen molar-refractivity contribution in [1.29, 1.82) is 0 Å². The van der Waals surface area contributed by atoms with E-state index >= 15 is 0 Å². The Hall–Kier alpha value is -2.54. The Labute approximate surface area is 128 Å². The number of amides is 1. The molecule has 0 bridgehead atoms. The maximum atomic E-state index is 11.7. The average molecular weight is 321 g/mol. The molecule has 2 rings (SSSR count). The van der Waals surface area contributed by atoms with Crippen LogP contribution in [0.1, 0.15) is 10.4 Å². The molecule has 1 amide bonds. The largest absolute Gasteiger partial charge is 0.497 e. The highest BCUT2D eigenvalue weighted by atomic mass is 32.2. The average Bonchev–Trinajstić information content (AvgIpc) is 2.46. The van der Waals surface area contributed by atoms with Crippen LogP contribution in [0.3, 0.4) is 0 Å². The summed E-state index contributed by atoms with van der Waals surface area (Å²) in [7, 11) is -2.02. The van der Waals surface area contributed by atoms with Crippen molar-refractivity contribution < 1.29 is 22.7 Å². The first-order valence-corrected chi connectivity index (χ1v) is 8.20. The van der Waals surface area contributed by atoms with Crippen LogP contribution in [-0.4, -0.2) is 27.7 Å². The molecule has 0 radical (unpaired) electrons. The summed E-state index contributed by atoms with van der Waals surface area (Å²) in [5.74, 6) is 1.09. The Balaban J connectivity index is 2.10. The lowest BCUT2D eigenvalue weighted by atomic mass is 10.2. The van der Waals surface area contributed by atoms with Crippen molar-refractivity contribution >= 4 is 15.9 Å². The lowest BCUT2D eigenvalue weighted by Gasteiger charge is -2.08. The summed E-state index contributed by atoms with van der Waals surface area (Å²) in [5, 5.41) is 0. The van der Waals surface area contributed by atoms with Crippen molar-refractivity contribution in [1.82, 2.24) is 4.72 Å². The molecule has 0 aliphatic rings. The Morgan fingerprint density at radius 3 is 2.23 bits per heavy atom. The van der Waals surface area contributed by atoms with Gasteiger partial charge in [0.15, 0.2) is 0 Å². The van der Waals surface area contributed by atoms with Crippen LogP contribution in [0.4, 0.5) is 0 Å². The smallest absolute Gasteiger partial charge is 0.264 e. The van der Waals surface area contributed by atoms with Crippen LogP contribution in [0.5, 0.6) is 17.2 Å². The van der Waals surface area contributed by atoms with Crippen molar-refractivity contribution in [3.8, 4) is 17.2 Å². The van der Waals surface area contributed by atoms with Gasteiger partial charge < -0.3 is 9.47 Å². The summed E-state index contributed by atoms with van der Waals surface area (Å²) in [4.78, 5) is 11.7. The Kier molecular flexibility index (Phi) is 4.67. The molecular formula is C15H15NO5S. The van der Waals surface area contributed by atoms with Gasteiger partial charge in [0.1, 0.15) is 17.2 Å². The second-order valence-corrected chi connectivity index (χ2v) is 6.26. The van der Waals surface area contributed by atoms with Crippen LogP contribution in [0.25, 0.3) is 0 Å². The number of hydrogen-bond donors (Lipinski definition) is 1. The number of nitrogens with one attached hydrogen (secondary N) is 1. The molecular weight excluding hydrogens is 306 g/mol. The molecule has 0 aliphatic heterocycles. The third-order valence-electron chi connectivity index (χ3n) is 2.67. The molecule has 1 N–H and O–H groups in total. The van der Waals surface area contributed by atoms with E-state index in [-0.39, 0.29) is 5.56 Å². The quantitative estimate of drug-likeness (QED) is 0.913. The van der Waals surface area contributed by atoms with E-state index in [1.165, 1.54) is 12.1 Å². The van der Waals surface area contributed by atoms with Gasteiger partial charge in [-0.25, -0.2) is 13.1 Å². The fourth-order valence-electron chi connectivity index (χ4n) is 1.70. The first-order chi connectivity index (χ1) is 10.4. The Morgan fingerprint density at radius 1 is 1.00 bits per heavy atom. The molecule has 0 saturated carbocycles. The van der Waals surface area contributed by atoms with Crippen LogP contribution in [0.2, 0.25) is 0 Å². The number of ether oxygens (including phenoxy) is 2. The van der Waals surface area contributed by atoms with Gasteiger partial charge in [-0.2, -0.15) is 0 Å². The molecule has 116 valence electrons. The van der Waals surface area contributed by atoms with E-state index < -0.39 is 15.9 Å². The Bertz CT molecular complexity index is 769. The molecule has 2 aromatic carbocycles. The summed E-state index contributed by atoms with van der Waals surface area (Å²) in [6.45, 7) is 0. The highest BCUT2D eigenvalue weighted by Gasteiger charge is 2.11. The lowest BCUT2D eigenvalue weighted by molar-refractivity contribution is 0.0981. The van der Waals surface area contributed by atoms with E-state index in [2.05, 4.69) is 0 Å². The fraction of sp³-hybridized carbons (Fsp3) is 0.133. The van der Waals surface area contributed by atoms with Crippen LogP contribution >= 0.6 is 0 Å². The zero-order chi connectivity index (χ0) is 16.2. The van der Waals surface area contributed by atoms with Gasteiger partial charge >= 0.3 is 0 Å². The van der Waals surface area contributed by atoms with Crippen molar-refractivity contribution in [3.63, 3.8) is 0 Å². The number of hydrogen-bond acceptors (Lipinski definition) is 5. The van der Waals surface area contributed by atoms with E-state index in [1.54, 1.807) is 43.5 Å². The van der Waals surface area contributed by atoms with Crippen molar-refractivity contribution in [2.75, 3.05) is 13.4 Å². The van der Waals surface area contributed by atoms with Gasteiger partial charge in [-0.3, -0.25) is 4.79 Å². The molecule has 0 spiro atoms. The topological polar surface area (TPSA) is 81.7 Å². The highest BCUT2D eigenvalue weighted by Crippen LogP contribution is 2.25. The SMILES string of the molecule is COc1cccc(Oc2ccc(C(=O)NS(C)(=O)=O)cc2)c1. The van der Waals surface area contributed by atoms with Gasteiger partial charge in [0.25, 0.3) is 5.91 Å². The summed E-state index contributed by atoms with van der Waals surface area (Å²) < 4.78 is 34.7. The van der Waals surface area contributed by atoms with Gasteiger partial charge in [-0.1, -0.05) is 6.07 Å². The summed E-state index contributed by atoms with van der Waals surface area (Å²) in [6, 6.07) is 13.2. The second-order valence-electron chi connectivity index (χ2n) is 4.51. The fourth-order valence-corrected chi connectivity index (χ4v) is 2.16. The summed E-state index contributed by atoms with van der Waals surface area (Å²) in [6.07, 6.45) is 0.922. The molecule has 7 heteroatoms. The number of rotatable bonds is 5. The van der Waals surface area contributed by atoms with Gasteiger partial charge in [-0.05, 0) is 36.4 Å². The maximum Gasteiger partial charge on any atom is 0.264 e. The van der Waals surface area contributed by atoms with E-state index in [1.807, 2.05) is 4.72 Å². The van der Waals surface area contributed by atoms with Crippen LogP contribution in [0.15, 0.2) is 48.5 Å². The van der Waals surface area contributed by atoms with Crippen molar-refractivity contribution in [3.05, 3.63) is 54.1 Å². The van der Waals surface area contributed by atoms with E-state index in [0.29, 0.717) is 17.2 Å². The first-order valence-electron chi connectivity index (χ1n) is 6.31. The molecule has 0 saturated heterocycles. The van der Waals surface area contributed by atoms with E-state index in [9.17, 15) is 13.2 Å². The van der Waals surface area contributed by atoms with Crippen molar-refractivity contribution in [2.24, 2.45) is 0 Å². The molecule has 0 aliphatic carbocycles. The number of benzene rings is 2. The van der Waals surface area contributed by atoms with Gasteiger partial charge in [0.05, 0.1) is 13.4 Å². The molecule has 0 heterocycles. The van der Waals surface area contributed by atoms with Gasteiger partial charge in [0, 0.05) is 11.6 Å². The maximum absolute atomic E-state index is 11.7.